The first-order valence-corrected chi connectivity index (χ1v) is 6.64. The van der Waals surface area contributed by atoms with Crippen LogP contribution in [0.25, 0.3) is 0 Å². The van der Waals surface area contributed by atoms with Crippen LogP contribution in [0.15, 0.2) is 18.2 Å². The molecule has 20 heavy (non-hydrogen) atoms. The Balaban J connectivity index is 2.33. The number of carbonyl (C=O) groups excluding carboxylic acids is 1. The van der Waals surface area contributed by atoms with Crippen molar-refractivity contribution in [2.45, 2.75) is 27.2 Å². The number of anilines is 2. The van der Waals surface area contributed by atoms with E-state index in [9.17, 15) is 4.79 Å². The highest BCUT2D eigenvalue weighted by molar-refractivity contribution is 6.07. The SMILES string of the molecule is CCc1nn(C)c(C(=O)Nc2cc(C)ccc2C)c1N. The molecule has 1 aromatic carbocycles. The molecule has 0 aliphatic heterocycles. The van der Waals surface area contributed by atoms with Crippen LogP contribution in [0.1, 0.15) is 34.2 Å². The highest BCUT2D eigenvalue weighted by atomic mass is 16.2. The molecule has 0 bridgehead atoms. The molecule has 2 aromatic rings. The normalized spacial score (nSPS) is 10.6. The predicted octanol–water partition coefficient (Wildman–Crippen LogP) is 2.43. The van der Waals surface area contributed by atoms with Crippen LogP contribution in [0.2, 0.25) is 0 Å². The molecule has 5 heteroatoms. The molecule has 1 aromatic heterocycles. The molecule has 0 spiro atoms. The van der Waals surface area contributed by atoms with Crippen molar-refractivity contribution in [3.63, 3.8) is 0 Å². The van der Waals surface area contributed by atoms with Crippen molar-refractivity contribution in [2.24, 2.45) is 7.05 Å². The lowest BCUT2D eigenvalue weighted by Gasteiger charge is -2.10. The van der Waals surface area contributed by atoms with E-state index in [0.717, 1.165) is 22.5 Å². The number of hydrogen-bond acceptors (Lipinski definition) is 3. The number of nitrogen functional groups attached to an aromatic ring is 1. The van der Waals surface area contributed by atoms with Crippen LogP contribution in [0, 0.1) is 13.8 Å². The molecule has 106 valence electrons. The van der Waals surface area contributed by atoms with E-state index in [1.165, 1.54) is 4.68 Å². The van der Waals surface area contributed by atoms with E-state index in [-0.39, 0.29) is 5.91 Å². The van der Waals surface area contributed by atoms with Gasteiger partial charge in [0.25, 0.3) is 5.91 Å². The molecule has 0 saturated carbocycles. The van der Waals surface area contributed by atoms with Crippen LogP contribution < -0.4 is 11.1 Å². The minimum Gasteiger partial charge on any atom is -0.395 e. The second-order valence-electron chi connectivity index (χ2n) is 4.96. The fourth-order valence-corrected chi connectivity index (χ4v) is 2.18. The molecule has 1 amide bonds. The molecule has 0 fully saturated rings. The van der Waals surface area contributed by atoms with Gasteiger partial charge in [-0.1, -0.05) is 19.1 Å². The van der Waals surface area contributed by atoms with Crippen molar-refractivity contribution < 1.29 is 4.79 Å². The van der Waals surface area contributed by atoms with Gasteiger partial charge in [-0.15, -0.1) is 0 Å². The summed E-state index contributed by atoms with van der Waals surface area (Å²) >= 11 is 0. The summed E-state index contributed by atoms with van der Waals surface area (Å²) in [5.74, 6) is -0.231. The summed E-state index contributed by atoms with van der Waals surface area (Å²) in [6.07, 6.45) is 0.705. The monoisotopic (exact) mass is 272 g/mol. The zero-order chi connectivity index (χ0) is 14.9. The first kappa shape index (κ1) is 14.1. The third-order valence-electron chi connectivity index (χ3n) is 3.35. The molecule has 5 nitrogen and oxygen atoms in total. The lowest BCUT2D eigenvalue weighted by molar-refractivity contribution is 0.101. The van der Waals surface area contributed by atoms with E-state index >= 15 is 0 Å². The van der Waals surface area contributed by atoms with Crippen molar-refractivity contribution in [1.82, 2.24) is 9.78 Å². The third-order valence-corrected chi connectivity index (χ3v) is 3.35. The van der Waals surface area contributed by atoms with E-state index in [2.05, 4.69) is 10.4 Å². The van der Waals surface area contributed by atoms with Gasteiger partial charge in [0, 0.05) is 12.7 Å². The summed E-state index contributed by atoms with van der Waals surface area (Å²) in [5.41, 5.74) is 10.5. The van der Waals surface area contributed by atoms with Gasteiger partial charge in [0.15, 0.2) is 0 Å². The molecule has 0 saturated heterocycles. The average Bonchev–Trinajstić information content (AvgIpc) is 2.68. The summed E-state index contributed by atoms with van der Waals surface area (Å²) in [4.78, 5) is 12.4. The maximum absolute atomic E-state index is 12.4. The number of aromatic nitrogens is 2. The van der Waals surface area contributed by atoms with Crippen LogP contribution >= 0.6 is 0 Å². The van der Waals surface area contributed by atoms with Crippen molar-refractivity contribution in [3.05, 3.63) is 40.7 Å². The topological polar surface area (TPSA) is 72.9 Å². The lowest BCUT2D eigenvalue weighted by Crippen LogP contribution is -2.18. The molecule has 1 heterocycles. The van der Waals surface area contributed by atoms with Gasteiger partial charge in [-0.2, -0.15) is 5.10 Å². The second-order valence-corrected chi connectivity index (χ2v) is 4.96. The van der Waals surface area contributed by atoms with Gasteiger partial charge in [0.2, 0.25) is 0 Å². The van der Waals surface area contributed by atoms with E-state index in [1.807, 2.05) is 39.0 Å². The number of rotatable bonds is 3. The summed E-state index contributed by atoms with van der Waals surface area (Å²) < 4.78 is 1.54. The van der Waals surface area contributed by atoms with Gasteiger partial charge in [-0.3, -0.25) is 9.48 Å². The number of hydrogen-bond donors (Lipinski definition) is 2. The fourth-order valence-electron chi connectivity index (χ4n) is 2.18. The molecule has 0 aliphatic rings. The number of amides is 1. The van der Waals surface area contributed by atoms with Crippen molar-refractivity contribution in [2.75, 3.05) is 11.1 Å². The van der Waals surface area contributed by atoms with Gasteiger partial charge in [-0.05, 0) is 37.5 Å². The average molecular weight is 272 g/mol. The summed E-state index contributed by atoms with van der Waals surface area (Å²) in [6, 6.07) is 5.94. The van der Waals surface area contributed by atoms with Gasteiger partial charge in [-0.25, -0.2) is 0 Å². The van der Waals surface area contributed by atoms with Crippen LogP contribution in [-0.4, -0.2) is 15.7 Å². The van der Waals surface area contributed by atoms with Crippen molar-refractivity contribution in [1.29, 1.82) is 0 Å². The number of nitrogens with zero attached hydrogens (tertiary/aromatic N) is 2. The Labute approximate surface area is 118 Å². The Hall–Kier alpha value is -2.30. The van der Waals surface area contributed by atoms with E-state index in [0.29, 0.717) is 17.8 Å². The van der Waals surface area contributed by atoms with Crippen LogP contribution in [0.5, 0.6) is 0 Å². The van der Waals surface area contributed by atoms with Crippen LogP contribution in [-0.2, 0) is 13.5 Å². The first-order valence-electron chi connectivity index (χ1n) is 6.64. The van der Waals surface area contributed by atoms with Gasteiger partial charge in [0.05, 0.1) is 11.4 Å². The molecule has 0 atom stereocenters. The number of aryl methyl sites for hydroxylation is 4. The number of nitrogens with one attached hydrogen (secondary N) is 1. The van der Waals surface area contributed by atoms with Gasteiger partial charge < -0.3 is 11.1 Å². The minimum atomic E-state index is -0.231. The largest absolute Gasteiger partial charge is 0.395 e. The van der Waals surface area contributed by atoms with E-state index in [1.54, 1.807) is 7.05 Å². The summed E-state index contributed by atoms with van der Waals surface area (Å²) in [7, 11) is 1.73. The van der Waals surface area contributed by atoms with Crippen LogP contribution in [0.3, 0.4) is 0 Å². The summed E-state index contributed by atoms with van der Waals surface area (Å²) in [6.45, 7) is 5.91. The lowest BCUT2D eigenvalue weighted by atomic mass is 10.1. The Kier molecular flexibility index (Phi) is 3.79. The maximum Gasteiger partial charge on any atom is 0.276 e. The molecule has 0 radical (unpaired) electrons. The van der Waals surface area contributed by atoms with E-state index in [4.69, 9.17) is 5.73 Å². The van der Waals surface area contributed by atoms with Crippen LogP contribution in [0.4, 0.5) is 11.4 Å². The third kappa shape index (κ3) is 2.52. The maximum atomic E-state index is 12.4. The Morgan fingerprint density at radius 3 is 2.70 bits per heavy atom. The quantitative estimate of drug-likeness (QED) is 0.901. The molecule has 2 rings (SSSR count). The predicted molar refractivity (Wildman–Crippen MR) is 80.9 cm³/mol. The smallest absolute Gasteiger partial charge is 0.276 e. The number of carbonyl (C=O) groups is 1. The number of benzene rings is 1. The van der Waals surface area contributed by atoms with Crippen molar-refractivity contribution >= 4 is 17.3 Å². The molecule has 0 unspecified atom stereocenters. The molecule has 3 N–H and O–H groups in total. The Bertz CT molecular complexity index is 658. The highest BCUT2D eigenvalue weighted by Gasteiger charge is 2.19. The zero-order valence-electron chi connectivity index (χ0n) is 12.3. The minimum absolute atomic E-state index is 0.231. The summed E-state index contributed by atoms with van der Waals surface area (Å²) in [5, 5.41) is 7.17. The van der Waals surface area contributed by atoms with Crippen molar-refractivity contribution in [3.8, 4) is 0 Å². The number of nitrogens with two attached hydrogens (primary N) is 1. The highest BCUT2D eigenvalue weighted by Crippen LogP contribution is 2.21. The second kappa shape index (κ2) is 5.36. The first-order chi connectivity index (χ1) is 9.43. The molecule has 0 aliphatic carbocycles. The van der Waals surface area contributed by atoms with Gasteiger partial charge in [0.1, 0.15) is 5.69 Å². The fraction of sp³-hybridized carbons (Fsp3) is 0.333. The zero-order valence-corrected chi connectivity index (χ0v) is 12.3. The van der Waals surface area contributed by atoms with E-state index < -0.39 is 0 Å². The molecular formula is C15H20N4O. The van der Waals surface area contributed by atoms with Gasteiger partial charge >= 0.3 is 0 Å². The molecular weight excluding hydrogens is 252 g/mol. The standard InChI is InChI=1S/C15H20N4O/c1-5-11-13(16)14(19(4)18-11)15(20)17-12-8-9(2)6-7-10(12)3/h6-8H,5,16H2,1-4H3,(H,17,20). The Morgan fingerprint density at radius 2 is 2.10 bits per heavy atom. The Morgan fingerprint density at radius 1 is 1.40 bits per heavy atom.